The maximum absolute atomic E-state index is 12.3. The highest BCUT2D eigenvalue weighted by atomic mass is 19.3. The van der Waals surface area contributed by atoms with E-state index in [0.29, 0.717) is 0 Å². The molecule has 6 N–H and O–H groups in total. The highest BCUT2D eigenvalue weighted by Crippen LogP contribution is 2.20. The van der Waals surface area contributed by atoms with Gasteiger partial charge in [-0.2, -0.15) is 4.98 Å². The van der Waals surface area contributed by atoms with Gasteiger partial charge in [-0.05, 0) is 24.6 Å². The molecule has 0 unspecified atom stereocenters. The Balaban J connectivity index is 2.17. The first kappa shape index (κ1) is 18.5. The summed E-state index contributed by atoms with van der Waals surface area (Å²) < 4.78 is 24.6. The highest BCUT2D eigenvalue weighted by Gasteiger charge is 2.14. The van der Waals surface area contributed by atoms with Gasteiger partial charge in [-0.25, -0.2) is 13.8 Å². The average Bonchev–Trinajstić information content (AvgIpc) is 2.52. The number of carbonyl (C=O) groups excluding carboxylic acids is 1. The molecule has 0 bridgehead atoms. The standard InChI is InChI=1S/C16H20F2N6O/c1-9-3-2-4-11(5-9)23-15-12(14(20)25)8-22-16(24-15)21-7-10(19)6-13(17)18/h2-5,8,10,13H,6-7,19H2,1H3,(H2,20,25)(H2,21,22,23,24)/t10-/m0/s1. The molecule has 0 saturated heterocycles. The number of anilines is 3. The summed E-state index contributed by atoms with van der Waals surface area (Å²) in [6.45, 7) is 2.00. The van der Waals surface area contributed by atoms with Crippen molar-refractivity contribution in [1.82, 2.24) is 9.97 Å². The Morgan fingerprint density at radius 2 is 2.12 bits per heavy atom. The summed E-state index contributed by atoms with van der Waals surface area (Å²) in [5.74, 6) is -0.306. The summed E-state index contributed by atoms with van der Waals surface area (Å²) in [5.41, 5.74) is 12.8. The highest BCUT2D eigenvalue weighted by molar-refractivity contribution is 5.98. The number of amides is 1. The van der Waals surface area contributed by atoms with Gasteiger partial charge >= 0.3 is 0 Å². The smallest absolute Gasteiger partial charge is 0.254 e. The van der Waals surface area contributed by atoms with Crippen LogP contribution in [-0.4, -0.2) is 34.9 Å². The molecule has 1 aromatic carbocycles. The van der Waals surface area contributed by atoms with Gasteiger partial charge in [-0.15, -0.1) is 0 Å². The quantitative estimate of drug-likeness (QED) is 0.578. The van der Waals surface area contributed by atoms with E-state index in [1.54, 1.807) is 0 Å². The Hall–Kier alpha value is -2.81. The number of rotatable bonds is 8. The molecule has 2 rings (SSSR count). The zero-order valence-corrected chi connectivity index (χ0v) is 13.7. The topological polar surface area (TPSA) is 119 Å². The van der Waals surface area contributed by atoms with Gasteiger partial charge in [0.1, 0.15) is 11.4 Å². The number of halogens is 2. The molecule has 0 aliphatic rings. The van der Waals surface area contributed by atoms with E-state index in [2.05, 4.69) is 20.6 Å². The van der Waals surface area contributed by atoms with E-state index in [1.165, 1.54) is 6.20 Å². The zero-order chi connectivity index (χ0) is 18.4. The number of nitrogens with zero attached hydrogens (tertiary/aromatic N) is 2. The summed E-state index contributed by atoms with van der Waals surface area (Å²) in [4.78, 5) is 19.7. The van der Waals surface area contributed by atoms with Gasteiger partial charge in [0, 0.05) is 30.9 Å². The van der Waals surface area contributed by atoms with Gasteiger partial charge in [-0.1, -0.05) is 12.1 Å². The van der Waals surface area contributed by atoms with Crippen molar-refractivity contribution in [2.45, 2.75) is 25.8 Å². The Bertz CT molecular complexity index is 740. The van der Waals surface area contributed by atoms with Crippen molar-refractivity contribution in [2.75, 3.05) is 17.2 Å². The number of aryl methyl sites for hydroxylation is 1. The van der Waals surface area contributed by atoms with Crippen molar-refractivity contribution in [3.05, 3.63) is 41.6 Å². The Morgan fingerprint density at radius 3 is 2.76 bits per heavy atom. The van der Waals surface area contributed by atoms with Gasteiger partial charge < -0.3 is 22.1 Å². The van der Waals surface area contributed by atoms with E-state index in [1.807, 2.05) is 31.2 Å². The predicted octanol–water partition coefficient (Wildman–Crippen LogP) is 2.02. The molecule has 1 aromatic heterocycles. The van der Waals surface area contributed by atoms with Crippen molar-refractivity contribution >= 4 is 23.4 Å². The van der Waals surface area contributed by atoms with Gasteiger partial charge in [0.2, 0.25) is 12.4 Å². The van der Waals surface area contributed by atoms with E-state index >= 15 is 0 Å². The van der Waals surface area contributed by atoms with Gasteiger partial charge in [0.15, 0.2) is 0 Å². The van der Waals surface area contributed by atoms with Crippen LogP contribution in [0.1, 0.15) is 22.3 Å². The molecule has 134 valence electrons. The first-order valence-corrected chi connectivity index (χ1v) is 7.63. The summed E-state index contributed by atoms with van der Waals surface area (Å²) in [7, 11) is 0. The number of aromatic nitrogens is 2. The molecule has 0 radical (unpaired) electrons. The molecule has 0 fully saturated rings. The van der Waals surface area contributed by atoms with Crippen molar-refractivity contribution in [1.29, 1.82) is 0 Å². The van der Waals surface area contributed by atoms with Crippen LogP contribution < -0.4 is 22.1 Å². The molecule has 0 aliphatic heterocycles. The van der Waals surface area contributed by atoms with E-state index < -0.39 is 24.8 Å². The molecule has 0 spiro atoms. The van der Waals surface area contributed by atoms with Gasteiger partial charge in [0.05, 0.1) is 0 Å². The maximum Gasteiger partial charge on any atom is 0.254 e. The number of nitrogens with one attached hydrogen (secondary N) is 2. The fourth-order valence-electron chi connectivity index (χ4n) is 2.14. The van der Waals surface area contributed by atoms with Crippen LogP contribution in [0.5, 0.6) is 0 Å². The third-order valence-corrected chi connectivity index (χ3v) is 3.34. The van der Waals surface area contributed by atoms with Crippen LogP contribution in [0.4, 0.5) is 26.2 Å². The van der Waals surface area contributed by atoms with E-state index in [4.69, 9.17) is 11.5 Å². The minimum absolute atomic E-state index is 0.0736. The molecule has 9 heteroatoms. The Morgan fingerprint density at radius 1 is 1.36 bits per heavy atom. The molecular weight excluding hydrogens is 330 g/mol. The molecule has 2 aromatic rings. The molecule has 1 amide bonds. The normalized spacial score (nSPS) is 12.0. The van der Waals surface area contributed by atoms with Crippen LogP contribution in [0, 0.1) is 6.92 Å². The van der Waals surface area contributed by atoms with Crippen LogP contribution in [0.2, 0.25) is 0 Å². The molecule has 0 aliphatic carbocycles. The Kier molecular flexibility index (Phi) is 6.18. The second kappa shape index (κ2) is 8.34. The van der Waals surface area contributed by atoms with Crippen LogP contribution in [0.15, 0.2) is 30.5 Å². The number of primary amides is 1. The first-order chi connectivity index (χ1) is 11.8. The molecule has 25 heavy (non-hydrogen) atoms. The van der Waals surface area contributed by atoms with Crippen molar-refractivity contribution < 1.29 is 13.6 Å². The van der Waals surface area contributed by atoms with E-state index in [-0.39, 0.29) is 23.9 Å². The molecule has 7 nitrogen and oxygen atoms in total. The SMILES string of the molecule is Cc1cccc(Nc2nc(NC[C@@H](N)CC(F)F)ncc2C(N)=O)c1. The van der Waals surface area contributed by atoms with Crippen LogP contribution in [-0.2, 0) is 0 Å². The van der Waals surface area contributed by atoms with Crippen LogP contribution in [0.25, 0.3) is 0 Å². The average molecular weight is 350 g/mol. The number of alkyl halides is 2. The van der Waals surface area contributed by atoms with E-state index in [0.717, 1.165) is 11.3 Å². The summed E-state index contributed by atoms with van der Waals surface area (Å²) >= 11 is 0. The monoisotopic (exact) mass is 350 g/mol. The number of nitrogens with two attached hydrogens (primary N) is 2. The van der Waals surface area contributed by atoms with Gasteiger partial charge in [0.25, 0.3) is 5.91 Å². The second-order valence-electron chi connectivity index (χ2n) is 5.58. The summed E-state index contributed by atoms with van der Waals surface area (Å²) in [6, 6.07) is 6.72. The third kappa shape index (κ3) is 5.64. The third-order valence-electron chi connectivity index (χ3n) is 3.34. The van der Waals surface area contributed by atoms with E-state index in [9.17, 15) is 13.6 Å². The van der Waals surface area contributed by atoms with Crippen molar-refractivity contribution in [3.8, 4) is 0 Å². The van der Waals surface area contributed by atoms with Gasteiger partial charge in [-0.3, -0.25) is 4.79 Å². The van der Waals surface area contributed by atoms with Crippen LogP contribution >= 0.6 is 0 Å². The zero-order valence-electron chi connectivity index (χ0n) is 13.7. The molecule has 1 heterocycles. The summed E-state index contributed by atoms with van der Waals surface area (Å²) in [6.07, 6.45) is -1.64. The fraction of sp³-hybridized carbons (Fsp3) is 0.312. The lowest BCUT2D eigenvalue weighted by molar-refractivity contribution is 0.100. The Labute approximate surface area is 143 Å². The maximum atomic E-state index is 12.3. The number of hydrogen-bond acceptors (Lipinski definition) is 6. The predicted molar refractivity (Wildman–Crippen MR) is 92.1 cm³/mol. The largest absolute Gasteiger partial charge is 0.365 e. The number of carbonyl (C=O) groups is 1. The minimum atomic E-state index is -2.48. The lowest BCUT2D eigenvalue weighted by Crippen LogP contribution is -2.31. The lowest BCUT2D eigenvalue weighted by Gasteiger charge is -2.14. The summed E-state index contributed by atoms with van der Waals surface area (Å²) in [5, 5.41) is 5.79. The molecule has 1 atom stereocenters. The molecule has 0 saturated carbocycles. The number of benzene rings is 1. The van der Waals surface area contributed by atoms with Crippen LogP contribution in [0.3, 0.4) is 0 Å². The second-order valence-corrected chi connectivity index (χ2v) is 5.58. The minimum Gasteiger partial charge on any atom is -0.365 e. The first-order valence-electron chi connectivity index (χ1n) is 7.63. The van der Waals surface area contributed by atoms with Crippen molar-refractivity contribution in [3.63, 3.8) is 0 Å². The molecular formula is C16H20F2N6O. The number of hydrogen-bond donors (Lipinski definition) is 4. The fourth-order valence-corrected chi connectivity index (χ4v) is 2.14. The lowest BCUT2D eigenvalue weighted by atomic mass is 10.2. The van der Waals surface area contributed by atoms with Crippen molar-refractivity contribution in [2.24, 2.45) is 11.5 Å².